The molecular formula is C14H19NO3. The maximum atomic E-state index is 11.5. The van der Waals surface area contributed by atoms with E-state index in [-0.39, 0.29) is 0 Å². The van der Waals surface area contributed by atoms with Gasteiger partial charge in [-0.1, -0.05) is 30.3 Å². The number of ether oxygens (including phenoxy) is 1. The van der Waals surface area contributed by atoms with Crippen molar-refractivity contribution in [3.05, 3.63) is 35.9 Å². The maximum Gasteiger partial charge on any atom is 0.323 e. The Kier molecular flexibility index (Phi) is 4.33. The summed E-state index contributed by atoms with van der Waals surface area (Å²) in [6, 6.07) is 9.86. The molecule has 1 unspecified atom stereocenters. The number of nitrogens with one attached hydrogen (secondary N) is 1. The van der Waals surface area contributed by atoms with E-state index >= 15 is 0 Å². The quantitative estimate of drug-likeness (QED) is 0.854. The van der Waals surface area contributed by atoms with Crippen LogP contribution < -0.4 is 5.32 Å². The average Bonchev–Trinajstić information content (AvgIpc) is 2.64. The van der Waals surface area contributed by atoms with Gasteiger partial charge in [0, 0.05) is 19.8 Å². The Labute approximate surface area is 107 Å². The minimum atomic E-state index is -0.841. The summed E-state index contributed by atoms with van der Waals surface area (Å²) in [6.45, 7) is 1.74. The highest BCUT2D eigenvalue weighted by molar-refractivity contribution is 5.78. The lowest BCUT2D eigenvalue weighted by Crippen LogP contribution is -2.51. The van der Waals surface area contributed by atoms with Gasteiger partial charge in [0.2, 0.25) is 0 Å². The highest BCUT2D eigenvalue weighted by Gasteiger charge is 2.38. The van der Waals surface area contributed by atoms with E-state index in [1.54, 1.807) is 0 Å². The van der Waals surface area contributed by atoms with E-state index in [1.165, 1.54) is 0 Å². The molecule has 1 atom stereocenters. The molecule has 4 nitrogen and oxygen atoms in total. The smallest absolute Gasteiger partial charge is 0.323 e. The molecule has 0 spiro atoms. The van der Waals surface area contributed by atoms with Crippen LogP contribution in [0.4, 0.5) is 0 Å². The number of rotatable bonds is 4. The predicted molar refractivity (Wildman–Crippen MR) is 68.3 cm³/mol. The van der Waals surface area contributed by atoms with E-state index in [2.05, 4.69) is 5.32 Å². The second-order valence-corrected chi connectivity index (χ2v) is 4.69. The molecule has 0 bridgehead atoms. The van der Waals surface area contributed by atoms with Crippen LogP contribution in [0.3, 0.4) is 0 Å². The van der Waals surface area contributed by atoms with Gasteiger partial charge in [-0.25, -0.2) is 0 Å². The average molecular weight is 249 g/mol. The lowest BCUT2D eigenvalue weighted by molar-refractivity contribution is -0.145. The number of aliphatic carboxylic acids is 1. The van der Waals surface area contributed by atoms with Gasteiger partial charge in [-0.2, -0.15) is 0 Å². The van der Waals surface area contributed by atoms with Crippen LogP contribution in [0.25, 0.3) is 0 Å². The van der Waals surface area contributed by atoms with Crippen molar-refractivity contribution < 1.29 is 14.6 Å². The Bertz CT molecular complexity index is 383. The largest absolute Gasteiger partial charge is 0.480 e. The van der Waals surface area contributed by atoms with Gasteiger partial charge in [0.1, 0.15) is 5.54 Å². The first kappa shape index (κ1) is 13.1. The molecule has 0 radical (unpaired) electrons. The molecule has 2 rings (SSSR count). The van der Waals surface area contributed by atoms with E-state index in [0.717, 1.165) is 12.0 Å². The molecule has 1 saturated heterocycles. The fraction of sp³-hybridized carbons (Fsp3) is 0.500. The zero-order valence-corrected chi connectivity index (χ0v) is 10.4. The monoisotopic (exact) mass is 249 g/mol. The first-order valence-corrected chi connectivity index (χ1v) is 6.33. The lowest BCUT2D eigenvalue weighted by Gasteiger charge is -2.29. The van der Waals surface area contributed by atoms with Gasteiger partial charge in [0.05, 0.1) is 0 Å². The molecule has 1 aliphatic heterocycles. The molecule has 98 valence electrons. The Hall–Kier alpha value is -1.39. The van der Waals surface area contributed by atoms with Crippen molar-refractivity contribution in [2.45, 2.75) is 31.3 Å². The van der Waals surface area contributed by atoms with Crippen LogP contribution in [0.5, 0.6) is 0 Å². The third kappa shape index (κ3) is 3.09. The molecular weight excluding hydrogens is 230 g/mol. The summed E-state index contributed by atoms with van der Waals surface area (Å²) in [5.41, 5.74) is 0.259. The lowest BCUT2D eigenvalue weighted by atomic mass is 9.90. The summed E-state index contributed by atoms with van der Waals surface area (Å²) in [7, 11) is 0. The van der Waals surface area contributed by atoms with Crippen LogP contribution in [-0.4, -0.2) is 29.8 Å². The Balaban J connectivity index is 2.04. The number of carboxylic acid groups (broad SMARTS) is 1. The normalized spacial score (nSPS) is 24.4. The fourth-order valence-electron chi connectivity index (χ4n) is 2.28. The molecule has 4 heteroatoms. The van der Waals surface area contributed by atoms with Crippen molar-refractivity contribution in [2.75, 3.05) is 13.2 Å². The minimum Gasteiger partial charge on any atom is -0.480 e. The van der Waals surface area contributed by atoms with E-state index in [4.69, 9.17) is 4.74 Å². The first-order chi connectivity index (χ1) is 8.73. The van der Waals surface area contributed by atoms with Crippen LogP contribution in [-0.2, 0) is 16.1 Å². The summed E-state index contributed by atoms with van der Waals surface area (Å²) >= 11 is 0. The van der Waals surface area contributed by atoms with Gasteiger partial charge in [-0.3, -0.25) is 10.1 Å². The third-order valence-electron chi connectivity index (χ3n) is 3.45. The van der Waals surface area contributed by atoms with Gasteiger partial charge >= 0.3 is 5.97 Å². The van der Waals surface area contributed by atoms with Crippen LogP contribution in [0.15, 0.2) is 30.3 Å². The molecule has 1 heterocycles. The molecule has 1 aromatic carbocycles. The van der Waals surface area contributed by atoms with Gasteiger partial charge < -0.3 is 9.84 Å². The van der Waals surface area contributed by atoms with Gasteiger partial charge in [-0.15, -0.1) is 0 Å². The van der Waals surface area contributed by atoms with Crippen molar-refractivity contribution in [1.29, 1.82) is 0 Å². The van der Waals surface area contributed by atoms with E-state index in [1.807, 2.05) is 30.3 Å². The maximum absolute atomic E-state index is 11.5. The van der Waals surface area contributed by atoms with Crippen LogP contribution in [0.2, 0.25) is 0 Å². The van der Waals surface area contributed by atoms with Crippen LogP contribution in [0, 0.1) is 0 Å². The molecule has 1 fully saturated rings. The van der Waals surface area contributed by atoms with Crippen molar-refractivity contribution in [2.24, 2.45) is 0 Å². The zero-order chi connectivity index (χ0) is 12.8. The topological polar surface area (TPSA) is 58.6 Å². The summed E-state index contributed by atoms with van der Waals surface area (Å²) in [6.07, 6.45) is 1.93. The number of hydrogen-bond acceptors (Lipinski definition) is 3. The summed E-state index contributed by atoms with van der Waals surface area (Å²) in [5.74, 6) is -0.774. The second kappa shape index (κ2) is 5.98. The molecule has 0 saturated carbocycles. The fourth-order valence-corrected chi connectivity index (χ4v) is 2.28. The standard InChI is InChI=1S/C14H19NO3/c16-13(17)14(7-4-9-18-10-8-14)15-11-12-5-2-1-3-6-12/h1-3,5-6,15H,4,7-11H2,(H,16,17). The van der Waals surface area contributed by atoms with Crippen LogP contribution >= 0.6 is 0 Å². The van der Waals surface area contributed by atoms with Gasteiger partial charge in [-0.05, 0) is 24.8 Å². The van der Waals surface area contributed by atoms with E-state index in [0.29, 0.717) is 32.6 Å². The zero-order valence-electron chi connectivity index (χ0n) is 10.4. The third-order valence-corrected chi connectivity index (χ3v) is 3.45. The van der Waals surface area contributed by atoms with Crippen molar-refractivity contribution in [3.63, 3.8) is 0 Å². The first-order valence-electron chi connectivity index (χ1n) is 6.33. The summed E-state index contributed by atoms with van der Waals surface area (Å²) in [5, 5.41) is 12.7. The SMILES string of the molecule is O=C(O)C1(NCc2ccccc2)CCCOCC1. The molecule has 0 amide bonds. The summed E-state index contributed by atoms with van der Waals surface area (Å²) < 4.78 is 5.35. The van der Waals surface area contributed by atoms with Gasteiger partial charge in [0.25, 0.3) is 0 Å². The summed E-state index contributed by atoms with van der Waals surface area (Å²) in [4.78, 5) is 11.5. The Morgan fingerprint density at radius 2 is 2.06 bits per heavy atom. The molecule has 1 aromatic rings. The molecule has 0 aromatic heterocycles. The van der Waals surface area contributed by atoms with Crippen molar-refractivity contribution in [3.8, 4) is 0 Å². The molecule has 2 N–H and O–H groups in total. The van der Waals surface area contributed by atoms with E-state index < -0.39 is 11.5 Å². The van der Waals surface area contributed by atoms with E-state index in [9.17, 15) is 9.90 Å². The number of hydrogen-bond donors (Lipinski definition) is 2. The van der Waals surface area contributed by atoms with Crippen molar-refractivity contribution in [1.82, 2.24) is 5.32 Å². The minimum absolute atomic E-state index is 0.508. The van der Waals surface area contributed by atoms with Gasteiger partial charge in [0.15, 0.2) is 0 Å². The molecule has 0 aliphatic carbocycles. The number of carbonyl (C=O) groups is 1. The number of carboxylic acids is 1. The Morgan fingerprint density at radius 3 is 2.78 bits per heavy atom. The molecule has 1 aliphatic rings. The highest BCUT2D eigenvalue weighted by Crippen LogP contribution is 2.22. The predicted octanol–water partition coefficient (Wildman–Crippen LogP) is 1.80. The van der Waals surface area contributed by atoms with Crippen molar-refractivity contribution >= 4 is 5.97 Å². The Morgan fingerprint density at radius 1 is 1.28 bits per heavy atom. The second-order valence-electron chi connectivity index (χ2n) is 4.69. The highest BCUT2D eigenvalue weighted by atomic mass is 16.5. The van der Waals surface area contributed by atoms with Crippen LogP contribution in [0.1, 0.15) is 24.8 Å². The number of benzene rings is 1. The molecule has 18 heavy (non-hydrogen) atoms.